The Labute approximate surface area is 113 Å². The van der Waals surface area contributed by atoms with E-state index in [0.717, 1.165) is 11.2 Å². The topological polar surface area (TPSA) is 104 Å². The number of hydrogen-bond acceptors (Lipinski definition) is 5. The highest BCUT2D eigenvalue weighted by molar-refractivity contribution is 7.87. The predicted octanol–water partition coefficient (Wildman–Crippen LogP) is 0.503. The van der Waals surface area contributed by atoms with Gasteiger partial charge in [0, 0.05) is 14.1 Å². The van der Waals surface area contributed by atoms with Crippen LogP contribution in [0.25, 0.3) is 0 Å². The molecule has 1 atom stereocenters. The first-order valence-corrected chi connectivity index (χ1v) is 6.88. The third-order valence-corrected chi connectivity index (χ3v) is 3.88. The Morgan fingerprint density at radius 2 is 1.63 bits per heavy atom. The van der Waals surface area contributed by atoms with Gasteiger partial charge in [-0.2, -0.15) is 17.0 Å². The maximum Gasteiger partial charge on any atom is 0.425 e. The van der Waals surface area contributed by atoms with E-state index in [4.69, 9.17) is 9.84 Å². The fourth-order valence-corrected chi connectivity index (χ4v) is 2.10. The monoisotopic (exact) mass is 296 g/mol. The molecule has 0 fully saturated rings. The van der Waals surface area contributed by atoms with E-state index in [-0.39, 0.29) is 4.31 Å². The van der Waals surface area contributed by atoms with Crippen molar-refractivity contribution in [3.8, 4) is 0 Å². The first-order valence-electron chi connectivity index (χ1n) is 5.48. The van der Waals surface area contributed by atoms with Crippen molar-refractivity contribution in [2.45, 2.75) is 39.3 Å². The number of amides is 1. The molecule has 1 amide bonds. The molecular weight excluding hydrogens is 276 g/mol. The zero-order chi connectivity index (χ0) is 15.6. The van der Waals surface area contributed by atoms with Crippen LogP contribution in [-0.4, -0.2) is 59.9 Å². The van der Waals surface area contributed by atoms with Gasteiger partial charge >= 0.3 is 22.3 Å². The molecule has 1 N–H and O–H groups in total. The van der Waals surface area contributed by atoms with Crippen LogP contribution in [0.5, 0.6) is 0 Å². The van der Waals surface area contributed by atoms with Crippen molar-refractivity contribution in [2.24, 2.45) is 0 Å². The number of carbonyl (C=O) groups excluding carboxylic acids is 1. The average Bonchev–Trinajstić information content (AvgIpc) is 2.13. The van der Waals surface area contributed by atoms with E-state index >= 15 is 0 Å². The summed E-state index contributed by atoms with van der Waals surface area (Å²) in [7, 11) is -1.85. The molecule has 1 unspecified atom stereocenters. The minimum atomic E-state index is -4.24. The van der Waals surface area contributed by atoms with Crippen LogP contribution < -0.4 is 0 Å². The largest absolute Gasteiger partial charge is 0.480 e. The van der Waals surface area contributed by atoms with E-state index < -0.39 is 33.9 Å². The van der Waals surface area contributed by atoms with E-state index in [1.165, 1.54) is 14.1 Å². The Balaban J connectivity index is 5.56. The molecule has 9 heteroatoms. The fraction of sp³-hybridized carbons (Fsp3) is 0.800. The van der Waals surface area contributed by atoms with E-state index in [1.54, 1.807) is 20.8 Å². The zero-order valence-electron chi connectivity index (χ0n) is 11.9. The Hall–Kier alpha value is -1.35. The van der Waals surface area contributed by atoms with Gasteiger partial charge in [0.15, 0.2) is 0 Å². The zero-order valence-corrected chi connectivity index (χ0v) is 12.7. The molecule has 0 rings (SSSR count). The Morgan fingerprint density at radius 1 is 1.21 bits per heavy atom. The number of ether oxygens (including phenoxy) is 1. The van der Waals surface area contributed by atoms with Gasteiger partial charge in [-0.1, -0.05) is 0 Å². The lowest BCUT2D eigenvalue weighted by Crippen LogP contribution is -2.52. The van der Waals surface area contributed by atoms with Crippen LogP contribution in [0.15, 0.2) is 0 Å². The minimum absolute atomic E-state index is 0.209. The van der Waals surface area contributed by atoms with Gasteiger partial charge in [-0.05, 0) is 27.7 Å². The molecule has 0 aliphatic heterocycles. The van der Waals surface area contributed by atoms with Crippen molar-refractivity contribution in [3.05, 3.63) is 0 Å². The second kappa shape index (κ2) is 5.74. The van der Waals surface area contributed by atoms with E-state index in [0.29, 0.717) is 0 Å². The molecule has 0 saturated heterocycles. The van der Waals surface area contributed by atoms with Gasteiger partial charge in [-0.3, -0.25) is 0 Å². The normalized spacial score (nSPS) is 14.1. The molecule has 0 heterocycles. The van der Waals surface area contributed by atoms with Gasteiger partial charge in [0.2, 0.25) is 0 Å². The van der Waals surface area contributed by atoms with Crippen LogP contribution in [0.2, 0.25) is 0 Å². The average molecular weight is 296 g/mol. The summed E-state index contributed by atoms with van der Waals surface area (Å²) in [6, 6.07) is -1.57. The van der Waals surface area contributed by atoms with Gasteiger partial charge in [0.1, 0.15) is 11.6 Å². The maximum absolute atomic E-state index is 12.0. The van der Waals surface area contributed by atoms with Gasteiger partial charge in [0.25, 0.3) is 0 Å². The summed E-state index contributed by atoms with van der Waals surface area (Å²) >= 11 is 0. The van der Waals surface area contributed by atoms with Crippen molar-refractivity contribution in [2.75, 3.05) is 14.1 Å². The third kappa shape index (κ3) is 4.67. The van der Waals surface area contributed by atoms with Gasteiger partial charge in [-0.25, -0.2) is 9.59 Å². The van der Waals surface area contributed by atoms with Crippen molar-refractivity contribution in [3.63, 3.8) is 0 Å². The van der Waals surface area contributed by atoms with Crippen LogP contribution in [0.3, 0.4) is 0 Å². The Kier molecular flexibility index (Phi) is 5.33. The van der Waals surface area contributed by atoms with Crippen molar-refractivity contribution >= 4 is 22.3 Å². The molecule has 0 aromatic rings. The molecule has 0 spiro atoms. The van der Waals surface area contributed by atoms with Gasteiger partial charge in [-0.15, -0.1) is 0 Å². The predicted molar refractivity (Wildman–Crippen MR) is 67.8 cm³/mol. The Morgan fingerprint density at radius 3 is 1.89 bits per heavy atom. The maximum atomic E-state index is 12.0. The standard InChI is InChI=1S/C10H20N2O6S/c1-7(8(13)14)12(19(16,17)11(5)6)9(15)18-10(2,3)4/h7H,1-6H3,(H,13,14). The van der Waals surface area contributed by atoms with Crippen LogP contribution in [0.1, 0.15) is 27.7 Å². The Bertz CT molecular complexity index is 451. The summed E-state index contributed by atoms with van der Waals surface area (Å²) in [5.41, 5.74) is -0.935. The first kappa shape index (κ1) is 17.6. The van der Waals surface area contributed by atoms with E-state index in [9.17, 15) is 18.0 Å². The lowest BCUT2D eigenvalue weighted by molar-refractivity contribution is -0.140. The molecule has 0 bridgehead atoms. The smallest absolute Gasteiger partial charge is 0.425 e. The minimum Gasteiger partial charge on any atom is -0.480 e. The molecule has 112 valence electrons. The molecule has 0 aromatic heterocycles. The number of rotatable bonds is 4. The second-order valence-electron chi connectivity index (χ2n) is 5.08. The summed E-state index contributed by atoms with van der Waals surface area (Å²) < 4.78 is 29.9. The van der Waals surface area contributed by atoms with Crippen molar-refractivity contribution in [1.29, 1.82) is 0 Å². The molecule has 0 aliphatic carbocycles. The molecule has 0 radical (unpaired) electrons. The SMILES string of the molecule is CC(C(=O)O)N(C(=O)OC(C)(C)C)S(=O)(=O)N(C)C. The lowest BCUT2D eigenvalue weighted by Gasteiger charge is -2.30. The van der Waals surface area contributed by atoms with Crippen LogP contribution >= 0.6 is 0 Å². The molecule has 0 aromatic carbocycles. The summed E-state index contributed by atoms with van der Waals surface area (Å²) in [5.74, 6) is -1.45. The van der Waals surface area contributed by atoms with Crippen LogP contribution in [0, 0.1) is 0 Å². The van der Waals surface area contributed by atoms with Gasteiger partial charge < -0.3 is 9.84 Å². The summed E-state index contributed by atoms with van der Waals surface area (Å²) in [6.07, 6.45) is -1.23. The summed E-state index contributed by atoms with van der Waals surface area (Å²) in [4.78, 5) is 22.8. The van der Waals surface area contributed by atoms with Crippen LogP contribution in [-0.2, 0) is 19.7 Å². The van der Waals surface area contributed by atoms with Crippen molar-refractivity contribution < 1.29 is 27.9 Å². The molecule has 8 nitrogen and oxygen atoms in total. The number of aliphatic carboxylic acids is 1. The summed E-state index contributed by atoms with van der Waals surface area (Å²) in [5, 5.41) is 8.91. The fourth-order valence-electron chi connectivity index (χ4n) is 1.04. The quantitative estimate of drug-likeness (QED) is 0.810. The number of carboxylic acid groups (broad SMARTS) is 1. The highest BCUT2D eigenvalue weighted by Gasteiger charge is 2.40. The van der Waals surface area contributed by atoms with Crippen molar-refractivity contribution in [1.82, 2.24) is 8.61 Å². The number of hydrogen-bond donors (Lipinski definition) is 1. The number of nitrogens with zero attached hydrogens (tertiary/aromatic N) is 2. The molecule has 0 saturated carbocycles. The number of carboxylic acids is 1. The van der Waals surface area contributed by atoms with E-state index in [1.807, 2.05) is 0 Å². The molecule has 19 heavy (non-hydrogen) atoms. The lowest BCUT2D eigenvalue weighted by atomic mass is 10.2. The first-order chi connectivity index (χ1) is 8.30. The second-order valence-corrected chi connectivity index (χ2v) is 7.10. The highest BCUT2D eigenvalue weighted by atomic mass is 32.2. The number of carbonyl (C=O) groups is 2. The van der Waals surface area contributed by atoms with E-state index in [2.05, 4.69) is 0 Å². The molecule has 0 aliphatic rings. The molecular formula is C10H20N2O6S. The third-order valence-electron chi connectivity index (χ3n) is 1.99. The highest BCUT2D eigenvalue weighted by Crippen LogP contribution is 2.17. The summed E-state index contributed by atoms with van der Waals surface area (Å²) in [6.45, 7) is 5.75. The van der Waals surface area contributed by atoms with Gasteiger partial charge in [0.05, 0.1) is 0 Å². The van der Waals surface area contributed by atoms with Crippen LogP contribution in [0.4, 0.5) is 4.79 Å².